The number of hydrogen-bond acceptors (Lipinski definition) is 3. The van der Waals surface area contributed by atoms with Gasteiger partial charge in [-0.25, -0.2) is 4.79 Å². The Kier molecular flexibility index (Phi) is 5.93. The zero-order valence-electron chi connectivity index (χ0n) is 14.4. The van der Waals surface area contributed by atoms with Gasteiger partial charge in [-0.05, 0) is 58.6 Å². The SMILES string of the molecule is CC(NC1CCC(NC(=O)OC(C)(C)C)C1)c1ccccc1Cl. The van der Waals surface area contributed by atoms with Crippen molar-refractivity contribution in [1.29, 1.82) is 0 Å². The molecule has 0 aliphatic heterocycles. The Balaban J connectivity index is 1.81. The van der Waals surface area contributed by atoms with E-state index in [4.69, 9.17) is 16.3 Å². The van der Waals surface area contributed by atoms with Crippen LogP contribution in [-0.2, 0) is 4.74 Å². The molecule has 1 fully saturated rings. The van der Waals surface area contributed by atoms with Gasteiger partial charge in [0.1, 0.15) is 5.60 Å². The summed E-state index contributed by atoms with van der Waals surface area (Å²) in [4.78, 5) is 11.8. The number of benzene rings is 1. The fourth-order valence-electron chi connectivity index (χ4n) is 3.01. The largest absolute Gasteiger partial charge is 0.444 e. The van der Waals surface area contributed by atoms with Crippen LogP contribution in [-0.4, -0.2) is 23.8 Å². The number of carbonyl (C=O) groups excluding carboxylic acids is 1. The Morgan fingerprint density at radius 2 is 1.91 bits per heavy atom. The van der Waals surface area contributed by atoms with Crippen molar-refractivity contribution in [2.75, 3.05) is 0 Å². The minimum absolute atomic E-state index is 0.167. The summed E-state index contributed by atoms with van der Waals surface area (Å²) in [5, 5.41) is 7.36. The van der Waals surface area contributed by atoms with Gasteiger partial charge in [-0.3, -0.25) is 0 Å². The summed E-state index contributed by atoms with van der Waals surface area (Å²) in [5.74, 6) is 0. The minimum atomic E-state index is -0.459. The second-order valence-corrected chi connectivity index (χ2v) is 7.67. The van der Waals surface area contributed by atoms with Gasteiger partial charge >= 0.3 is 6.09 Å². The molecule has 4 nitrogen and oxygen atoms in total. The second-order valence-electron chi connectivity index (χ2n) is 7.26. The van der Waals surface area contributed by atoms with Crippen LogP contribution < -0.4 is 10.6 Å². The molecule has 2 N–H and O–H groups in total. The van der Waals surface area contributed by atoms with Crippen LogP contribution in [0.1, 0.15) is 58.6 Å². The van der Waals surface area contributed by atoms with E-state index in [1.807, 2.05) is 45.0 Å². The number of rotatable bonds is 4. The van der Waals surface area contributed by atoms with Gasteiger partial charge in [-0.1, -0.05) is 29.8 Å². The molecule has 1 aliphatic carbocycles. The molecule has 1 amide bonds. The van der Waals surface area contributed by atoms with Crippen molar-refractivity contribution in [3.63, 3.8) is 0 Å². The summed E-state index contributed by atoms with van der Waals surface area (Å²) in [6.45, 7) is 7.74. The molecule has 3 atom stereocenters. The van der Waals surface area contributed by atoms with Crippen LogP contribution in [0.5, 0.6) is 0 Å². The van der Waals surface area contributed by atoms with E-state index in [1.54, 1.807) is 0 Å². The van der Waals surface area contributed by atoms with Gasteiger partial charge in [0.25, 0.3) is 0 Å². The average molecular weight is 339 g/mol. The van der Waals surface area contributed by atoms with Crippen molar-refractivity contribution < 1.29 is 9.53 Å². The molecule has 0 saturated heterocycles. The summed E-state index contributed by atoms with van der Waals surface area (Å²) in [5.41, 5.74) is 0.650. The quantitative estimate of drug-likeness (QED) is 0.853. The predicted octanol–water partition coefficient (Wildman–Crippen LogP) is 4.44. The zero-order valence-corrected chi connectivity index (χ0v) is 15.1. The van der Waals surface area contributed by atoms with Gasteiger partial charge in [-0.2, -0.15) is 0 Å². The standard InChI is InChI=1S/C18H27ClN2O2/c1-12(15-7-5-6-8-16(15)19)20-13-9-10-14(11-13)21-17(22)23-18(2,3)4/h5-8,12-14,20H,9-11H2,1-4H3,(H,21,22). The van der Waals surface area contributed by atoms with Gasteiger partial charge in [0.2, 0.25) is 0 Å². The van der Waals surface area contributed by atoms with Crippen molar-refractivity contribution in [3.05, 3.63) is 34.9 Å². The van der Waals surface area contributed by atoms with Crippen LogP contribution in [0.2, 0.25) is 5.02 Å². The van der Waals surface area contributed by atoms with Crippen LogP contribution in [0, 0.1) is 0 Å². The maximum absolute atomic E-state index is 11.8. The molecule has 0 bridgehead atoms. The van der Waals surface area contributed by atoms with E-state index < -0.39 is 5.60 Å². The van der Waals surface area contributed by atoms with Crippen LogP contribution >= 0.6 is 11.6 Å². The Hall–Kier alpha value is -1.26. The summed E-state index contributed by atoms with van der Waals surface area (Å²) in [6.07, 6.45) is 2.58. The Labute approximate surface area is 143 Å². The number of nitrogens with one attached hydrogen (secondary N) is 2. The molecule has 1 aliphatic rings. The molecular formula is C18H27ClN2O2. The van der Waals surface area contributed by atoms with Gasteiger partial charge in [0.05, 0.1) is 0 Å². The average Bonchev–Trinajstić information content (AvgIpc) is 2.83. The molecule has 5 heteroatoms. The van der Waals surface area contributed by atoms with Gasteiger partial charge < -0.3 is 15.4 Å². The van der Waals surface area contributed by atoms with Crippen LogP contribution in [0.3, 0.4) is 0 Å². The summed E-state index contributed by atoms with van der Waals surface area (Å²) >= 11 is 6.25. The lowest BCUT2D eigenvalue weighted by atomic mass is 10.1. The van der Waals surface area contributed by atoms with Crippen molar-refractivity contribution in [3.8, 4) is 0 Å². The molecule has 128 valence electrons. The smallest absolute Gasteiger partial charge is 0.407 e. The summed E-state index contributed by atoms with van der Waals surface area (Å²) < 4.78 is 5.31. The lowest BCUT2D eigenvalue weighted by Gasteiger charge is -2.23. The van der Waals surface area contributed by atoms with Crippen molar-refractivity contribution in [2.24, 2.45) is 0 Å². The number of carbonyl (C=O) groups is 1. The predicted molar refractivity (Wildman–Crippen MR) is 93.8 cm³/mol. The number of halogens is 1. The van der Waals surface area contributed by atoms with E-state index in [9.17, 15) is 4.79 Å². The summed E-state index contributed by atoms with van der Waals surface area (Å²) in [6, 6.07) is 8.63. The summed E-state index contributed by atoms with van der Waals surface area (Å²) in [7, 11) is 0. The first-order chi connectivity index (χ1) is 10.7. The highest BCUT2D eigenvalue weighted by molar-refractivity contribution is 6.31. The second kappa shape index (κ2) is 7.54. The normalized spacial score (nSPS) is 22.7. The van der Waals surface area contributed by atoms with Gasteiger partial charge in [-0.15, -0.1) is 0 Å². The molecule has 0 heterocycles. The lowest BCUT2D eigenvalue weighted by Crippen LogP contribution is -2.39. The molecular weight excluding hydrogens is 312 g/mol. The van der Waals surface area contributed by atoms with Crippen molar-refractivity contribution in [1.82, 2.24) is 10.6 Å². The Bertz CT molecular complexity index is 542. The number of amides is 1. The maximum atomic E-state index is 11.8. The fraction of sp³-hybridized carbons (Fsp3) is 0.611. The van der Waals surface area contributed by atoms with Crippen LogP contribution in [0.15, 0.2) is 24.3 Å². The molecule has 3 unspecified atom stereocenters. The molecule has 0 spiro atoms. The number of alkyl carbamates (subject to hydrolysis) is 1. The monoisotopic (exact) mass is 338 g/mol. The highest BCUT2D eigenvalue weighted by Crippen LogP contribution is 2.26. The molecule has 1 aromatic rings. The first-order valence-corrected chi connectivity index (χ1v) is 8.62. The maximum Gasteiger partial charge on any atom is 0.407 e. The van der Waals surface area contributed by atoms with E-state index in [-0.39, 0.29) is 18.2 Å². The number of hydrogen-bond donors (Lipinski definition) is 2. The van der Waals surface area contributed by atoms with Crippen molar-refractivity contribution in [2.45, 2.75) is 70.7 Å². The topological polar surface area (TPSA) is 50.4 Å². The highest BCUT2D eigenvalue weighted by atomic mass is 35.5. The third-order valence-corrected chi connectivity index (χ3v) is 4.36. The minimum Gasteiger partial charge on any atom is -0.444 e. The molecule has 0 radical (unpaired) electrons. The molecule has 1 aromatic carbocycles. The fourth-order valence-corrected chi connectivity index (χ4v) is 3.31. The molecule has 23 heavy (non-hydrogen) atoms. The Morgan fingerprint density at radius 3 is 2.57 bits per heavy atom. The third-order valence-electron chi connectivity index (χ3n) is 4.01. The first-order valence-electron chi connectivity index (χ1n) is 8.24. The van der Waals surface area contributed by atoms with E-state index in [0.717, 1.165) is 29.8 Å². The highest BCUT2D eigenvalue weighted by Gasteiger charge is 2.28. The molecule has 2 rings (SSSR count). The van der Waals surface area contributed by atoms with Crippen LogP contribution in [0.4, 0.5) is 4.79 Å². The van der Waals surface area contributed by atoms with Gasteiger partial charge in [0.15, 0.2) is 0 Å². The lowest BCUT2D eigenvalue weighted by molar-refractivity contribution is 0.0505. The van der Waals surface area contributed by atoms with Gasteiger partial charge in [0, 0.05) is 23.1 Å². The first kappa shape index (κ1) is 18.1. The third kappa shape index (κ3) is 5.70. The van der Waals surface area contributed by atoms with E-state index in [0.29, 0.717) is 6.04 Å². The van der Waals surface area contributed by atoms with E-state index >= 15 is 0 Å². The number of ether oxygens (including phenoxy) is 1. The van der Waals surface area contributed by atoms with Crippen molar-refractivity contribution >= 4 is 17.7 Å². The Morgan fingerprint density at radius 1 is 1.26 bits per heavy atom. The zero-order chi connectivity index (χ0) is 17.0. The van der Waals surface area contributed by atoms with Crippen LogP contribution in [0.25, 0.3) is 0 Å². The van der Waals surface area contributed by atoms with E-state index in [1.165, 1.54) is 0 Å². The molecule has 0 aromatic heterocycles. The van der Waals surface area contributed by atoms with E-state index in [2.05, 4.69) is 17.6 Å². The molecule has 1 saturated carbocycles.